The highest BCUT2D eigenvalue weighted by atomic mass is 16.6. The molecular formula is C22H22N2O4. The van der Waals surface area contributed by atoms with Crippen LogP contribution in [0.2, 0.25) is 0 Å². The summed E-state index contributed by atoms with van der Waals surface area (Å²) in [4.78, 5) is 31.1. The highest BCUT2D eigenvalue weighted by Gasteiger charge is 2.48. The van der Waals surface area contributed by atoms with Gasteiger partial charge in [-0.1, -0.05) is 59.8 Å². The molecule has 2 aromatic rings. The van der Waals surface area contributed by atoms with Gasteiger partial charge in [-0.25, -0.2) is 4.79 Å². The first kappa shape index (κ1) is 18.2. The Morgan fingerprint density at radius 2 is 1.75 bits per heavy atom. The van der Waals surface area contributed by atoms with E-state index >= 15 is 0 Å². The quantitative estimate of drug-likeness (QED) is 0.811. The first-order valence-electron chi connectivity index (χ1n) is 9.45. The number of rotatable bonds is 5. The average molecular weight is 378 g/mol. The number of oxime groups is 1. The van der Waals surface area contributed by atoms with E-state index in [4.69, 9.17) is 9.57 Å². The molecule has 1 atom stereocenters. The standard InChI is InChI=1S/C22H22N2O4/c1-2-27-21(26)22(13-16-10-6-7-11-17(16)14-22)23-20(25)19-12-18(24-28-19)15-8-4-3-5-9-15/h3-11,19H,2,12-14H2,1H3,(H,23,25)/t19-/m0/s1. The zero-order valence-corrected chi connectivity index (χ0v) is 15.7. The lowest BCUT2D eigenvalue weighted by atomic mass is 9.94. The van der Waals surface area contributed by atoms with E-state index < -0.39 is 17.6 Å². The van der Waals surface area contributed by atoms with E-state index in [0.29, 0.717) is 19.3 Å². The fourth-order valence-electron chi connectivity index (χ4n) is 3.80. The number of benzene rings is 2. The van der Waals surface area contributed by atoms with Gasteiger partial charge in [-0.2, -0.15) is 0 Å². The predicted octanol–water partition coefficient (Wildman–Crippen LogP) is 2.40. The minimum Gasteiger partial charge on any atom is -0.464 e. The van der Waals surface area contributed by atoms with E-state index in [-0.39, 0.29) is 12.5 Å². The van der Waals surface area contributed by atoms with Crippen molar-refractivity contribution in [3.63, 3.8) is 0 Å². The molecule has 28 heavy (non-hydrogen) atoms. The van der Waals surface area contributed by atoms with Gasteiger partial charge >= 0.3 is 5.97 Å². The van der Waals surface area contributed by atoms with Gasteiger partial charge in [0.1, 0.15) is 5.54 Å². The van der Waals surface area contributed by atoms with Crippen LogP contribution in [-0.2, 0) is 32.0 Å². The Hall–Kier alpha value is -3.15. The third-order valence-corrected chi connectivity index (χ3v) is 5.20. The van der Waals surface area contributed by atoms with Crippen LogP contribution in [0, 0.1) is 0 Å². The molecule has 0 radical (unpaired) electrons. The van der Waals surface area contributed by atoms with Crippen molar-refractivity contribution in [2.24, 2.45) is 5.16 Å². The molecule has 4 rings (SSSR count). The maximum absolute atomic E-state index is 12.9. The lowest BCUT2D eigenvalue weighted by Crippen LogP contribution is -2.58. The van der Waals surface area contributed by atoms with Crippen LogP contribution in [0.3, 0.4) is 0 Å². The van der Waals surface area contributed by atoms with Gasteiger partial charge < -0.3 is 14.9 Å². The third kappa shape index (κ3) is 3.38. The summed E-state index contributed by atoms with van der Waals surface area (Å²) in [6.07, 6.45) is 0.423. The summed E-state index contributed by atoms with van der Waals surface area (Å²) in [5.74, 6) is -0.766. The fourth-order valence-corrected chi connectivity index (χ4v) is 3.80. The number of hydrogen-bond donors (Lipinski definition) is 1. The average Bonchev–Trinajstić information content (AvgIpc) is 3.34. The van der Waals surface area contributed by atoms with Crippen LogP contribution in [-0.4, -0.2) is 35.8 Å². The second-order valence-corrected chi connectivity index (χ2v) is 7.12. The molecule has 1 aliphatic heterocycles. The van der Waals surface area contributed by atoms with Gasteiger partial charge in [-0.15, -0.1) is 0 Å². The van der Waals surface area contributed by atoms with Crippen LogP contribution in [0.15, 0.2) is 59.8 Å². The highest BCUT2D eigenvalue weighted by molar-refractivity contribution is 6.04. The second-order valence-electron chi connectivity index (χ2n) is 7.12. The van der Waals surface area contributed by atoms with Gasteiger partial charge in [-0.05, 0) is 23.6 Å². The Morgan fingerprint density at radius 1 is 1.11 bits per heavy atom. The number of esters is 1. The Bertz CT molecular complexity index is 898. The molecule has 1 aliphatic carbocycles. The topological polar surface area (TPSA) is 77.0 Å². The van der Waals surface area contributed by atoms with Crippen LogP contribution in [0.5, 0.6) is 0 Å². The lowest BCUT2D eigenvalue weighted by molar-refractivity contribution is -0.154. The van der Waals surface area contributed by atoms with E-state index in [2.05, 4.69) is 10.5 Å². The molecule has 1 amide bonds. The molecule has 144 valence electrons. The molecule has 6 heteroatoms. The van der Waals surface area contributed by atoms with E-state index in [9.17, 15) is 9.59 Å². The maximum atomic E-state index is 12.9. The molecule has 1 heterocycles. The first-order chi connectivity index (χ1) is 13.6. The number of ether oxygens (including phenoxy) is 1. The molecule has 0 fully saturated rings. The van der Waals surface area contributed by atoms with Crippen LogP contribution >= 0.6 is 0 Å². The van der Waals surface area contributed by atoms with Gasteiger partial charge in [0.15, 0.2) is 0 Å². The highest BCUT2D eigenvalue weighted by Crippen LogP contribution is 2.32. The van der Waals surface area contributed by atoms with Crippen molar-refractivity contribution in [2.75, 3.05) is 6.61 Å². The summed E-state index contributed by atoms with van der Waals surface area (Å²) >= 11 is 0. The molecular weight excluding hydrogens is 356 g/mol. The number of fused-ring (bicyclic) bond motifs is 1. The van der Waals surface area contributed by atoms with E-state index in [0.717, 1.165) is 22.4 Å². The molecule has 0 spiro atoms. The van der Waals surface area contributed by atoms with Crippen LogP contribution in [0.1, 0.15) is 30.0 Å². The lowest BCUT2D eigenvalue weighted by Gasteiger charge is -2.28. The zero-order valence-electron chi connectivity index (χ0n) is 15.7. The Kier molecular flexibility index (Phi) is 4.86. The molecule has 2 aromatic carbocycles. The van der Waals surface area contributed by atoms with E-state index in [1.54, 1.807) is 6.92 Å². The van der Waals surface area contributed by atoms with Crippen molar-refractivity contribution in [2.45, 2.75) is 37.8 Å². The van der Waals surface area contributed by atoms with Crippen LogP contribution in [0.25, 0.3) is 0 Å². The molecule has 0 bridgehead atoms. The van der Waals surface area contributed by atoms with Gasteiger partial charge in [0.25, 0.3) is 5.91 Å². The van der Waals surface area contributed by atoms with Gasteiger partial charge in [-0.3, -0.25) is 4.79 Å². The minimum atomic E-state index is -1.10. The summed E-state index contributed by atoms with van der Waals surface area (Å²) in [6.45, 7) is 2.02. The first-order valence-corrected chi connectivity index (χ1v) is 9.45. The van der Waals surface area contributed by atoms with Crippen LogP contribution in [0.4, 0.5) is 0 Å². The summed E-state index contributed by atoms with van der Waals surface area (Å²) in [6, 6.07) is 17.4. The van der Waals surface area contributed by atoms with Crippen molar-refractivity contribution in [1.82, 2.24) is 5.32 Å². The number of amides is 1. The van der Waals surface area contributed by atoms with E-state index in [1.165, 1.54) is 0 Å². The molecule has 6 nitrogen and oxygen atoms in total. The Labute approximate surface area is 163 Å². The van der Waals surface area contributed by atoms with Crippen molar-refractivity contribution in [1.29, 1.82) is 0 Å². The summed E-state index contributed by atoms with van der Waals surface area (Å²) in [5.41, 5.74) is 2.64. The van der Waals surface area contributed by atoms with Crippen molar-refractivity contribution < 1.29 is 19.2 Å². The smallest absolute Gasteiger partial charge is 0.332 e. The molecule has 0 unspecified atom stereocenters. The van der Waals surface area contributed by atoms with Crippen molar-refractivity contribution >= 4 is 17.6 Å². The minimum absolute atomic E-state index is 0.258. The van der Waals surface area contributed by atoms with Gasteiger partial charge in [0, 0.05) is 19.3 Å². The zero-order chi connectivity index (χ0) is 19.6. The summed E-state index contributed by atoms with van der Waals surface area (Å²) in [5, 5.41) is 6.99. The second kappa shape index (κ2) is 7.46. The maximum Gasteiger partial charge on any atom is 0.332 e. The fraction of sp³-hybridized carbons (Fsp3) is 0.318. The molecule has 2 aliphatic rings. The van der Waals surface area contributed by atoms with Crippen LogP contribution < -0.4 is 5.32 Å². The van der Waals surface area contributed by atoms with Gasteiger partial charge in [0.05, 0.1) is 12.3 Å². The largest absolute Gasteiger partial charge is 0.464 e. The normalized spacial score (nSPS) is 19.3. The Balaban J connectivity index is 1.49. The summed E-state index contributed by atoms with van der Waals surface area (Å²) in [7, 11) is 0. The number of nitrogens with zero attached hydrogens (tertiary/aromatic N) is 1. The number of nitrogens with one attached hydrogen (secondary N) is 1. The SMILES string of the molecule is CCOC(=O)C1(NC(=O)[C@@H]2CC(c3ccccc3)=NO2)Cc2ccccc2C1. The third-order valence-electron chi connectivity index (χ3n) is 5.20. The number of carbonyl (C=O) groups is 2. The van der Waals surface area contributed by atoms with Crippen molar-refractivity contribution in [3.8, 4) is 0 Å². The predicted molar refractivity (Wildman–Crippen MR) is 104 cm³/mol. The number of carbonyl (C=O) groups excluding carboxylic acids is 2. The van der Waals surface area contributed by atoms with Crippen molar-refractivity contribution in [3.05, 3.63) is 71.3 Å². The monoisotopic (exact) mass is 378 g/mol. The molecule has 0 saturated heterocycles. The number of hydrogen-bond acceptors (Lipinski definition) is 5. The molecule has 0 aromatic heterocycles. The van der Waals surface area contributed by atoms with Gasteiger partial charge in [0.2, 0.25) is 6.10 Å². The summed E-state index contributed by atoms with van der Waals surface area (Å²) < 4.78 is 5.29. The molecule has 1 N–H and O–H groups in total. The Morgan fingerprint density at radius 3 is 2.39 bits per heavy atom. The van der Waals surface area contributed by atoms with E-state index in [1.807, 2.05) is 54.6 Å². The molecule has 0 saturated carbocycles.